The van der Waals surface area contributed by atoms with Gasteiger partial charge in [0.2, 0.25) is 0 Å². The highest BCUT2D eigenvalue weighted by Crippen LogP contribution is 2.48. The lowest BCUT2D eigenvalue weighted by Crippen LogP contribution is -2.35. The molecule has 2 aliphatic rings. The van der Waals surface area contributed by atoms with E-state index < -0.39 is 0 Å². The van der Waals surface area contributed by atoms with Crippen molar-refractivity contribution in [1.29, 1.82) is 0 Å². The van der Waals surface area contributed by atoms with Crippen LogP contribution in [0.5, 0.6) is 23.0 Å². The van der Waals surface area contributed by atoms with Gasteiger partial charge in [-0.3, -0.25) is 4.90 Å². The van der Waals surface area contributed by atoms with Crippen LogP contribution in [0.1, 0.15) is 55.5 Å². The normalized spacial score (nSPS) is 20.7. The quantitative estimate of drug-likeness (QED) is 0.413. The molecule has 3 aromatic carbocycles. The number of hydrogen-bond donors (Lipinski definition) is 2. The van der Waals surface area contributed by atoms with Crippen LogP contribution < -0.4 is 9.47 Å². The van der Waals surface area contributed by atoms with E-state index in [9.17, 15) is 10.2 Å². The van der Waals surface area contributed by atoms with Crippen molar-refractivity contribution < 1.29 is 19.7 Å². The molecule has 0 saturated carbocycles. The number of nitrogens with zero attached hydrogens (tertiary/aromatic N) is 1. The number of benzene rings is 3. The predicted molar refractivity (Wildman–Crippen MR) is 144 cm³/mol. The van der Waals surface area contributed by atoms with Gasteiger partial charge < -0.3 is 19.7 Å². The molecule has 0 bridgehead atoms. The maximum Gasteiger partial charge on any atom is 0.150 e. The molecule has 1 fully saturated rings. The van der Waals surface area contributed by atoms with Gasteiger partial charge in [0.25, 0.3) is 0 Å². The smallest absolute Gasteiger partial charge is 0.150 e. The first-order valence-corrected chi connectivity index (χ1v) is 12.8. The Morgan fingerprint density at radius 1 is 1.06 bits per heavy atom. The van der Waals surface area contributed by atoms with Crippen molar-refractivity contribution in [2.75, 3.05) is 19.7 Å². The number of allylic oxidation sites excluding steroid dienone is 1. The van der Waals surface area contributed by atoms with Crippen molar-refractivity contribution in [3.05, 3.63) is 82.9 Å². The molecule has 5 heteroatoms. The van der Waals surface area contributed by atoms with Gasteiger partial charge in [0, 0.05) is 23.7 Å². The van der Waals surface area contributed by atoms with E-state index in [1.165, 1.54) is 6.42 Å². The summed E-state index contributed by atoms with van der Waals surface area (Å²) in [4.78, 5) is 2.50. The molecule has 3 atom stereocenters. The fraction of sp³-hybridized carbons (Fsp3) is 0.355. The van der Waals surface area contributed by atoms with Crippen LogP contribution in [0.4, 0.5) is 0 Å². The number of aryl methyl sites for hydroxylation is 1. The third-order valence-electron chi connectivity index (χ3n) is 7.52. The summed E-state index contributed by atoms with van der Waals surface area (Å²) < 4.78 is 12.7. The minimum absolute atomic E-state index is 0.203. The first-order valence-electron chi connectivity index (χ1n) is 12.8. The summed E-state index contributed by atoms with van der Waals surface area (Å²) in [7, 11) is 0. The van der Waals surface area contributed by atoms with Crippen molar-refractivity contribution in [1.82, 2.24) is 4.90 Å². The van der Waals surface area contributed by atoms with Crippen molar-refractivity contribution in [3.63, 3.8) is 0 Å². The van der Waals surface area contributed by atoms with Gasteiger partial charge in [0.05, 0.1) is 0 Å². The summed E-state index contributed by atoms with van der Waals surface area (Å²) in [6, 6.07) is 19.4. The van der Waals surface area contributed by atoms with Gasteiger partial charge in [-0.15, -0.1) is 0 Å². The molecule has 36 heavy (non-hydrogen) atoms. The second kappa shape index (κ2) is 9.90. The van der Waals surface area contributed by atoms with Crippen LogP contribution in [0, 0.1) is 12.8 Å². The first-order chi connectivity index (χ1) is 17.3. The fourth-order valence-electron chi connectivity index (χ4n) is 5.29. The molecular weight excluding hydrogens is 450 g/mol. The highest BCUT2D eigenvalue weighted by atomic mass is 16.5. The van der Waals surface area contributed by atoms with Gasteiger partial charge >= 0.3 is 0 Å². The molecule has 2 N–H and O–H groups in total. The average Bonchev–Trinajstić information content (AvgIpc) is 3.30. The van der Waals surface area contributed by atoms with E-state index in [2.05, 4.69) is 30.9 Å². The fourth-order valence-corrected chi connectivity index (χ4v) is 5.29. The Hall–Kier alpha value is -3.44. The van der Waals surface area contributed by atoms with Crippen LogP contribution in [0.3, 0.4) is 0 Å². The van der Waals surface area contributed by atoms with Crippen molar-refractivity contribution in [3.8, 4) is 23.0 Å². The van der Waals surface area contributed by atoms with E-state index in [0.29, 0.717) is 12.6 Å². The predicted octanol–water partition coefficient (Wildman–Crippen LogP) is 6.58. The van der Waals surface area contributed by atoms with Gasteiger partial charge in [-0.1, -0.05) is 31.2 Å². The third-order valence-corrected chi connectivity index (χ3v) is 7.52. The maximum absolute atomic E-state index is 10.3. The third kappa shape index (κ3) is 4.80. The minimum atomic E-state index is -0.359. The molecule has 0 radical (unpaired) electrons. The summed E-state index contributed by atoms with van der Waals surface area (Å²) in [5, 5.41) is 20.5. The van der Waals surface area contributed by atoms with Crippen LogP contribution in [-0.2, 0) is 0 Å². The molecule has 2 heterocycles. The zero-order chi connectivity index (χ0) is 25.4. The van der Waals surface area contributed by atoms with E-state index >= 15 is 0 Å². The van der Waals surface area contributed by atoms with Crippen molar-refractivity contribution >= 4 is 11.1 Å². The second-order valence-electron chi connectivity index (χ2n) is 10.3. The SMILES string of the molecule is CC1=C(c2cccc(O)c2)C(c2ccc(OC[C@H](C)N3CC[C@@H](C)C3)cc2)Oc2cc(C)c(O)cc21. The van der Waals surface area contributed by atoms with Crippen LogP contribution in [0.25, 0.3) is 11.1 Å². The number of hydrogen-bond acceptors (Lipinski definition) is 5. The Morgan fingerprint density at radius 2 is 1.83 bits per heavy atom. The number of aromatic hydroxyl groups is 2. The zero-order valence-corrected chi connectivity index (χ0v) is 21.5. The number of phenols is 2. The molecule has 0 aliphatic carbocycles. The minimum Gasteiger partial charge on any atom is -0.508 e. The highest BCUT2D eigenvalue weighted by molar-refractivity contribution is 5.96. The number of rotatable bonds is 6. The molecule has 0 spiro atoms. The Kier molecular flexibility index (Phi) is 6.67. The van der Waals surface area contributed by atoms with Crippen molar-refractivity contribution in [2.24, 2.45) is 5.92 Å². The van der Waals surface area contributed by atoms with Crippen molar-refractivity contribution in [2.45, 2.75) is 46.3 Å². The molecule has 2 aliphatic heterocycles. The largest absolute Gasteiger partial charge is 0.508 e. The molecule has 1 saturated heterocycles. The van der Waals surface area contributed by atoms with E-state index in [-0.39, 0.29) is 17.6 Å². The van der Waals surface area contributed by atoms with E-state index in [0.717, 1.165) is 63.9 Å². The Labute approximate surface area is 213 Å². The number of ether oxygens (including phenoxy) is 2. The summed E-state index contributed by atoms with van der Waals surface area (Å²) in [6.45, 7) is 11.4. The maximum atomic E-state index is 10.3. The lowest BCUT2D eigenvalue weighted by atomic mass is 9.85. The summed E-state index contributed by atoms with van der Waals surface area (Å²) in [5.74, 6) is 2.79. The zero-order valence-electron chi connectivity index (χ0n) is 21.5. The van der Waals surface area contributed by atoms with Gasteiger partial charge in [0.15, 0.2) is 0 Å². The molecule has 188 valence electrons. The monoisotopic (exact) mass is 485 g/mol. The average molecular weight is 486 g/mol. The Bertz CT molecular complexity index is 1280. The lowest BCUT2D eigenvalue weighted by Gasteiger charge is -2.31. The molecular formula is C31H35NO4. The van der Waals surface area contributed by atoms with Gasteiger partial charge in [-0.2, -0.15) is 0 Å². The second-order valence-corrected chi connectivity index (χ2v) is 10.3. The van der Waals surface area contributed by atoms with Gasteiger partial charge in [-0.05, 0) is 98.3 Å². The standard InChI is InChI=1S/C31H35NO4/c1-19-12-13-32(17-19)21(3)18-35-26-10-8-23(9-11-26)31-30(24-6-5-7-25(33)15-24)22(4)27-16-28(34)20(2)14-29(27)36-31/h5-11,14-16,19,21,31,33-34H,12-13,17-18H2,1-4H3/t19-,21+,31?/m1/s1. The number of likely N-dealkylation sites (tertiary alicyclic amines) is 1. The van der Waals surface area contributed by atoms with E-state index in [4.69, 9.17) is 9.47 Å². The van der Waals surface area contributed by atoms with Gasteiger partial charge in [0.1, 0.15) is 35.7 Å². The topological polar surface area (TPSA) is 62.2 Å². The Morgan fingerprint density at radius 3 is 2.53 bits per heavy atom. The summed E-state index contributed by atoms with van der Waals surface area (Å²) in [6.07, 6.45) is 0.902. The van der Waals surface area contributed by atoms with Crippen LogP contribution in [0.15, 0.2) is 60.7 Å². The summed E-state index contributed by atoms with van der Waals surface area (Å²) >= 11 is 0. The lowest BCUT2D eigenvalue weighted by molar-refractivity contribution is 0.169. The number of phenolic OH excluding ortho intramolecular Hbond substituents is 2. The van der Waals surface area contributed by atoms with Crippen LogP contribution >= 0.6 is 0 Å². The highest BCUT2D eigenvalue weighted by Gasteiger charge is 2.30. The van der Waals surface area contributed by atoms with Crippen LogP contribution in [-0.4, -0.2) is 40.9 Å². The molecule has 5 nitrogen and oxygen atoms in total. The molecule has 0 aromatic heterocycles. The van der Waals surface area contributed by atoms with E-state index in [1.807, 2.05) is 44.2 Å². The van der Waals surface area contributed by atoms with Gasteiger partial charge in [-0.25, -0.2) is 0 Å². The van der Waals surface area contributed by atoms with Crippen LogP contribution in [0.2, 0.25) is 0 Å². The Balaban J connectivity index is 1.43. The molecule has 3 aromatic rings. The summed E-state index contributed by atoms with van der Waals surface area (Å²) in [5.41, 5.74) is 5.49. The molecule has 5 rings (SSSR count). The molecule has 0 amide bonds. The first kappa shape index (κ1) is 24.3. The molecule has 1 unspecified atom stereocenters. The number of fused-ring (bicyclic) bond motifs is 1. The van der Waals surface area contributed by atoms with E-state index in [1.54, 1.807) is 18.2 Å².